The van der Waals surface area contributed by atoms with E-state index in [1.165, 1.54) is 0 Å². The minimum atomic E-state index is -0.0495. The van der Waals surface area contributed by atoms with Crippen LogP contribution in [-0.4, -0.2) is 37.6 Å². The fourth-order valence-corrected chi connectivity index (χ4v) is 1.82. The maximum Gasteiger partial charge on any atom is 0.237 e. The van der Waals surface area contributed by atoms with Gasteiger partial charge in [-0.2, -0.15) is 11.8 Å². The zero-order valence-corrected chi connectivity index (χ0v) is 8.83. The fraction of sp³-hybridized carbons (Fsp3) is 0.875. The Labute approximate surface area is 78.7 Å². The smallest absolute Gasteiger partial charge is 0.237 e. The molecule has 1 amide bonds. The van der Waals surface area contributed by atoms with E-state index in [1.54, 1.807) is 18.8 Å². The first-order chi connectivity index (χ1) is 5.76. The van der Waals surface area contributed by atoms with E-state index in [9.17, 15) is 4.79 Å². The van der Waals surface area contributed by atoms with E-state index in [2.05, 4.69) is 17.6 Å². The van der Waals surface area contributed by atoms with E-state index >= 15 is 0 Å². The molecule has 1 atom stereocenters. The van der Waals surface area contributed by atoms with E-state index in [0.717, 1.165) is 17.9 Å². The van der Waals surface area contributed by atoms with E-state index in [1.807, 2.05) is 7.05 Å². The third-order valence-corrected chi connectivity index (χ3v) is 2.81. The summed E-state index contributed by atoms with van der Waals surface area (Å²) >= 11 is 1.81. The molecule has 4 heteroatoms. The van der Waals surface area contributed by atoms with Crippen LogP contribution in [0.3, 0.4) is 0 Å². The molecule has 0 radical (unpaired) electrons. The molecule has 0 saturated carbocycles. The Morgan fingerprint density at radius 2 is 2.17 bits per heavy atom. The average molecular weight is 190 g/mol. The monoisotopic (exact) mass is 190 g/mol. The third kappa shape index (κ3) is 4.62. The van der Waals surface area contributed by atoms with Crippen LogP contribution in [0.1, 0.15) is 13.3 Å². The van der Waals surface area contributed by atoms with E-state index < -0.39 is 0 Å². The van der Waals surface area contributed by atoms with Gasteiger partial charge in [-0.1, -0.05) is 6.92 Å². The lowest BCUT2D eigenvalue weighted by atomic mass is 10.3. The quantitative estimate of drug-likeness (QED) is 0.598. The largest absolute Gasteiger partial charge is 0.358 e. The lowest BCUT2D eigenvalue weighted by Crippen LogP contribution is -2.42. The number of thioether (sulfide) groups is 1. The van der Waals surface area contributed by atoms with Gasteiger partial charge in [0.05, 0.1) is 6.04 Å². The summed E-state index contributed by atoms with van der Waals surface area (Å²) in [6.45, 7) is 2.14. The van der Waals surface area contributed by atoms with Crippen LogP contribution >= 0.6 is 11.8 Å². The van der Waals surface area contributed by atoms with Crippen molar-refractivity contribution in [1.29, 1.82) is 0 Å². The molecule has 0 aliphatic heterocycles. The second-order valence-corrected chi connectivity index (χ2v) is 3.68. The molecule has 0 spiro atoms. The number of likely N-dealkylation sites (N-methyl/N-ethyl adjacent to an activating group) is 2. The van der Waals surface area contributed by atoms with Crippen molar-refractivity contribution in [2.45, 2.75) is 19.4 Å². The van der Waals surface area contributed by atoms with Crippen LogP contribution < -0.4 is 10.6 Å². The van der Waals surface area contributed by atoms with Crippen molar-refractivity contribution in [2.75, 3.05) is 25.6 Å². The van der Waals surface area contributed by atoms with Gasteiger partial charge in [0.25, 0.3) is 0 Å². The van der Waals surface area contributed by atoms with Crippen LogP contribution in [-0.2, 0) is 4.79 Å². The number of rotatable bonds is 6. The van der Waals surface area contributed by atoms with Crippen molar-refractivity contribution in [3.63, 3.8) is 0 Å². The molecule has 0 heterocycles. The van der Waals surface area contributed by atoms with E-state index in [4.69, 9.17) is 0 Å². The zero-order valence-electron chi connectivity index (χ0n) is 8.02. The molecule has 0 saturated heterocycles. The molecule has 3 nitrogen and oxygen atoms in total. The number of hydrogen-bond acceptors (Lipinski definition) is 3. The molecule has 0 aliphatic carbocycles. The molecule has 1 unspecified atom stereocenters. The van der Waals surface area contributed by atoms with E-state index in [0.29, 0.717) is 0 Å². The van der Waals surface area contributed by atoms with Crippen molar-refractivity contribution in [2.24, 2.45) is 0 Å². The molecule has 0 aliphatic rings. The zero-order chi connectivity index (χ0) is 9.40. The lowest BCUT2D eigenvalue weighted by Gasteiger charge is -2.13. The first-order valence-corrected chi connectivity index (χ1v) is 5.38. The summed E-state index contributed by atoms with van der Waals surface area (Å²) in [5.74, 6) is 2.04. The van der Waals surface area contributed by atoms with Gasteiger partial charge in [-0.25, -0.2) is 0 Å². The Bertz CT molecular complexity index is 130. The standard InChI is InChI=1S/C8H18N2OS/c1-4-5-12-6-7(9-2)8(11)10-3/h7,9H,4-6H2,1-3H3,(H,10,11). The van der Waals surface area contributed by atoms with Gasteiger partial charge < -0.3 is 10.6 Å². The lowest BCUT2D eigenvalue weighted by molar-refractivity contribution is -0.122. The highest BCUT2D eigenvalue weighted by molar-refractivity contribution is 7.99. The van der Waals surface area contributed by atoms with Crippen LogP contribution in [0, 0.1) is 0 Å². The molecule has 2 N–H and O–H groups in total. The highest BCUT2D eigenvalue weighted by Crippen LogP contribution is 2.04. The van der Waals surface area contributed by atoms with Crippen LogP contribution in [0.5, 0.6) is 0 Å². The highest BCUT2D eigenvalue weighted by atomic mass is 32.2. The second-order valence-electron chi connectivity index (χ2n) is 2.53. The molecular weight excluding hydrogens is 172 g/mol. The predicted molar refractivity (Wildman–Crippen MR) is 54.5 cm³/mol. The Hall–Kier alpha value is -0.220. The number of hydrogen-bond donors (Lipinski definition) is 2. The summed E-state index contributed by atoms with van der Waals surface area (Å²) in [5, 5.41) is 5.61. The number of amides is 1. The third-order valence-electron chi connectivity index (χ3n) is 1.54. The number of carbonyl (C=O) groups excluding carboxylic acids is 1. The van der Waals surface area contributed by atoms with Gasteiger partial charge in [-0.15, -0.1) is 0 Å². The van der Waals surface area contributed by atoms with Crippen LogP contribution in [0.25, 0.3) is 0 Å². The Balaban J connectivity index is 3.60. The van der Waals surface area contributed by atoms with Crippen LogP contribution in [0.15, 0.2) is 0 Å². The van der Waals surface area contributed by atoms with Crippen molar-refractivity contribution in [1.82, 2.24) is 10.6 Å². The minimum Gasteiger partial charge on any atom is -0.358 e. The first kappa shape index (κ1) is 11.8. The van der Waals surface area contributed by atoms with Crippen LogP contribution in [0.4, 0.5) is 0 Å². The minimum absolute atomic E-state index is 0.0495. The molecule has 0 rings (SSSR count). The Kier molecular flexibility index (Phi) is 7.29. The maximum absolute atomic E-state index is 11.2. The van der Waals surface area contributed by atoms with Crippen molar-refractivity contribution in [3.05, 3.63) is 0 Å². The summed E-state index contributed by atoms with van der Waals surface area (Å²) in [6.07, 6.45) is 1.16. The fourth-order valence-electron chi connectivity index (χ4n) is 0.810. The molecular formula is C8H18N2OS. The molecule has 0 aromatic rings. The summed E-state index contributed by atoms with van der Waals surface area (Å²) in [4.78, 5) is 11.2. The van der Waals surface area contributed by atoms with Gasteiger partial charge in [0, 0.05) is 12.8 Å². The number of carbonyl (C=O) groups is 1. The molecule has 0 aromatic carbocycles. The molecule has 0 aromatic heterocycles. The van der Waals surface area contributed by atoms with Gasteiger partial charge >= 0.3 is 0 Å². The van der Waals surface area contributed by atoms with Crippen molar-refractivity contribution in [3.8, 4) is 0 Å². The van der Waals surface area contributed by atoms with Gasteiger partial charge in [0.15, 0.2) is 0 Å². The van der Waals surface area contributed by atoms with Gasteiger partial charge in [-0.3, -0.25) is 4.79 Å². The topological polar surface area (TPSA) is 41.1 Å². The SMILES string of the molecule is CCCSCC(NC)C(=O)NC. The van der Waals surface area contributed by atoms with Crippen molar-refractivity contribution >= 4 is 17.7 Å². The van der Waals surface area contributed by atoms with Gasteiger partial charge in [0.1, 0.15) is 0 Å². The van der Waals surface area contributed by atoms with E-state index in [-0.39, 0.29) is 11.9 Å². The van der Waals surface area contributed by atoms with Gasteiger partial charge in [0.2, 0.25) is 5.91 Å². The summed E-state index contributed by atoms with van der Waals surface area (Å²) < 4.78 is 0. The molecule has 12 heavy (non-hydrogen) atoms. The Morgan fingerprint density at radius 1 is 1.50 bits per heavy atom. The van der Waals surface area contributed by atoms with Gasteiger partial charge in [-0.05, 0) is 19.2 Å². The number of nitrogens with one attached hydrogen (secondary N) is 2. The van der Waals surface area contributed by atoms with Crippen LogP contribution in [0.2, 0.25) is 0 Å². The normalized spacial score (nSPS) is 12.6. The highest BCUT2D eigenvalue weighted by Gasteiger charge is 2.13. The summed E-state index contributed by atoms with van der Waals surface area (Å²) in [7, 11) is 3.48. The summed E-state index contributed by atoms with van der Waals surface area (Å²) in [5.41, 5.74) is 0. The second kappa shape index (κ2) is 7.43. The average Bonchev–Trinajstić information content (AvgIpc) is 2.11. The summed E-state index contributed by atoms with van der Waals surface area (Å²) in [6, 6.07) is -0.0495. The molecule has 0 bridgehead atoms. The molecule has 0 fully saturated rings. The molecule has 72 valence electrons. The maximum atomic E-state index is 11.2. The predicted octanol–water partition coefficient (Wildman–Crippen LogP) is 0.464. The first-order valence-electron chi connectivity index (χ1n) is 4.22. The Morgan fingerprint density at radius 3 is 2.58 bits per heavy atom. The van der Waals surface area contributed by atoms with Crippen molar-refractivity contribution < 1.29 is 4.79 Å².